The van der Waals surface area contributed by atoms with Gasteiger partial charge in [-0.2, -0.15) is 0 Å². The first-order valence-electron chi connectivity index (χ1n) is 9.54. The number of hydrogen-bond donors (Lipinski definition) is 2. The molecule has 4 rings (SSSR count). The van der Waals surface area contributed by atoms with Crippen LogP contribution >= 0.6 is 0 Å². The van der Waals surface area contributed by atoms with Crippen molar-refractivity contribution in [2.45, 2.75) is 12.1 Å². The normalized spacial score (nSPS) is 13.1. The van der Waals surface area contributed by atoms with Crippen LogP contribution in [0.15, 0.2) is 109 Å². The Morgan fingerprint density at radius 1 is 0.357 bits per heavy atom. The first-order chi connectivity index (χ1) is 13.7. The van der Waals surface area contributed by atoms with Crippen LogP contribution in [0.25, 0.3) is 22.3 Å². The van der Waals surface area contributed by atoms with Gasteiger partial charge in [0, 0.05) is 12.1 Å². The van der Waals surface area contributed by atoms with Crippen molar-refractivity contribution in [3.05, 3.63) is 120 Å². The summed E-state index contributed by atoms with van der Waals surface area (Å²) in [6.07, 6.45) is 0. The standard InChI is InChI=1S/C26H24N2/c27-25(23-15-11-21(12-16-23)19-7-3-1-4-8-19)26(28)24-17-13-22(14-18-24)20-9-5-2-6-10-20/h1-18,25-26H,27-28H2. The highest BCUT2D eigenvalue weighted by atomic mass is 14.8. The molecule has 2 nitrogen and oxygen atoms in total. The van der Waals surface area contributed by atoms with Crippen molar-refractivity contribution in [1.82, 2.24) is 0 Å². The van der Waals surface area contributed by atoms with E-state index < -0.39 is 0 Å². The molecule has 138 valence electrons. The number of rotatable bonds is 5. The molecule has 0 aliphatic carbocycles. The summed E-state index contributed by atoms with van der Waals surface area (Å²) < 4.78 is 0. The van der Waals surface area contributed by atoms with Crippen molar-refractivity contribution in [2.24, 2.45) is 11.5 Å². The molecule has 4 aromatic carbocycles. The summed E-state index contributed by atoms with van der Waals surface area (Å²) in [5.74, 6) is 0. The zero-order chi connectivity index (χ0) is 19.3. The summed E-state index contributed by atoms with van der Waals surface area (Å²) in [4.78, 5) is 0. The van der Waals surface area contributed by atoms with Crippen LogP contribution in [0.4, 0.5) is 0 Å². The smallest absolute Gasteiger partial charge is 0.0491 e. The van der Waals surface area contributed by atoms with E-state index in [1.165, 1.54) is 22.3 Å². The molecule has 0 saturated carbocycles. The highest BCUT2D eigenvalue weighted by Crippen LogP contribution is 2.28. The van der Waals surface area contributed by atoms with Crippen LogP contribution in [-0.2, 0) is 0 Å². The minimum atomic E-state index is -0.257. The molecule has 2 atom stereocenters. The van der Waals surface area contributed by atoms with Gasteiger partial charge < -0.3 is 11.5 Å². The average Bonchev–Trinajstić information content (AvgIpc) is 2.79. The molecule has 0 aliphatic rings. The van der Waals surface area contributed by atoms with Gasteiger partial charge in [0.1, 0.15) is 0 Å². The Balaban J connectivity index is 1.50. The number of benzene rings is 4. The van der Waals surface area contributed by atoms with Crippen molar-refractivity contribution in [3.8, 4) is 22.3 Å². The first-order valence-corrected chi connectivity index (χ1v) is 9.54. The van der Waals surface area contributed by atoms with Gasteiger partial charge in [0.15, 0.2) is 0 Å². The average molecular weight is 364 g/mol. The van der Waals surface area contributed by atoms with Crippen LogP contribution in [0.5, 0.6) is 0 Å². The zero-order valence-corrected chi connectivity index (χ0v) is 15.7. The Morgan fingerprint density at radius 2 is 0.643 bits per heavy atom. The Kier molecular flexibility index (Phi) is 5.34. The van der Waals surface area contributed by atoms with Gasteiger partial charge in [-0.15, -0.1) is 0 Å². The van der Waals surface area contributed by atoms with Gasteiger partial charge in [0.25, 0.3) is 0 Å². The monoisotopic (exact) mass is 364 g/mol. The maximum atomic E-state index is 6.48. The van der Waals surface area contributed by atoms with Crippen molar-refractivity contribution in [1.29, 1.82) is 0 Å². The second kappa shape index (κ2) is 8.22. The predicted molar refractivity (Wildman–Crippen MR) is 118 cm³/mol. The van der Waals surface area contributed by atoms with E-state index in [-0.39, 0.29) is 12.1 Å². The van der Waals surface area contributed by atoms with Crippen LogP contribution in [0.3, 0.4) is 0 Å². The van der Waals surface area contributed by atoms with E-state index in [1.54, 1.807) is 0 Å². The summed E-state index contributed by atoms with van der Waals surface area (Å²) in [6, 6.07) is 36.9. The van der Waals surface area contributed by atoms with Crippen molar-refractivity contribution in [3.63, 3.8) is 0 Å². The van der Waals surface area contributed by atoms with Gasteiger partial charge in [-0.25, -0.2) is 0 Å². The summed E-state index contributed by atoms with van der Waals surface area (Å²) in [5.41, 5.74) is 19.8. The quantitative estimate of drug-likeness (QED) is 0.476. The largest absolute Gasteiger partial charge is 0.322 e. The molecule has 0 radical (unpaired) electrons. The molecule has 0 fully saturated rings. The third kappa shape index (κ3) is 3.89. The number of nitrogens with two attached hydrogens (primary N) is 2. The van der Waals surface area contributed by atoms with Crippen molar-refractivity contribution >= 4 is 0 Å². The van der Waals surface area contributed by atoms with Gasteiger partial charge in [0.05, 0.1) is 0 Å². The van der Waals surface area contributed by atoms with Crippen LogP contribution in [-0.4, -0.2) is 0 Å². The fourth-order valence-corrected chi connectivity index (χ4v) is 3.47. The topological polar surface area (TPSA) is 52.0 Å². The van der Waals surface area contributed by atoms with E-state index in [1.807, 2.05) is 36.4 Å². The fourth-order valence-electron chi connectivity index (χ4n) is 3.47. The summed E-state index contributed by atoms with van der Waals surface area (Å²) >= 11 is 0. The van der Waals surface area contributed by atoms with Crippen LogP contribution in [0.2, 0.25) is 0 Å². The van der Waals surface area contributed by atoms with Gasteiger partial charge in [0.2, 0.25) is 0 Å². The van der Waals surface area contributed by atoms with E-state index in [0.717, 1.165) is 11.1 Å². The van der Waals surface area contributed by atoms with Gasteiger partial charge in [-0.1, -0.05) is 109 Å². The Morgan fingerprint density at radius 3 is 0.964 bits per heavy atom. The molecule has 0 spiro atoms. The minimum Gasteiger partial charge on any atom is -0.322 e. The maximum Gasteiger partial charge on any atom is 0.0491 e. The van der Waals surface area contributed by atoms with Crippen molar-refractivity contribution in [2.75, 3.05) is 0 Å². The minimum absolute atomic E-state index is 0.257. The fraction of sp³-hybridized carbons (Fsp3) is 0.0769. The molecular weight excluding hydrogens is 340 g/mol. The van der Waals surface area contributed by atoms with Gasteiger partial charge in [-0.05, 0) is 33.4 Å². The summed E-state index contributed by atoms with van der Waals surface area (Å²) in [7, 11) is 0. The molecule has 0 saturated heterocycles. The third-order valence-electron chi connectivity index (χ3n) is 5.19. The lowest BCUT2D eigenvalue weighted by Crippen LogP contribution is -2.26. The summed E-state index contributed by atoms with van der Waals surface area (Å²) in [5, 5.41) is 0. The molecule has 2 heteroatoms. The highest BCUT2D eigenvalue weighted by Gasteiger charge is 2.17. The molecule has 2 unspecified atom stereocenters. The van der Waals surface area contributed by atoms with E-state index in [9.17, 15) is 0 Å². The number of hydrogen-bond acceptors (Lipinski definition) is 2. The summed E-state index contributed by atoms with van der Waals surface area (Å²) in [6.45, 7) is 0. The van der Waals surface area contributed by atoms with Crippen LogP contribution in [0, 0.1) is 0 Å². The Labute approximate surface area is 166 Å². The van der Waals surface area contributed by atoms with Crippen LogP contribution in [0.1, 0.15) is 23.2 Å². The van der Waals surface area contributed by atoms with Gasteiger partial charge in [-0.3, -0.25) is 0 Å². The predicted octanol–water partition coefficient (Wildman–Crippen LogP) is 5.72. The first kappa shape index (κ1) is 18.2. The second-order valence-electron chi connectivity index (χ2n) is 7.03. The zero-order valence-electron chi connectivity index (χ0n) is 15.7. The molecule has 0 aliphatic heterocycles. The lowest BCUT2D eigenvalue weighted by molar-refractivity contribution is 0.574. The third-order valence-corrected chi connectivity index (χ3v) is 5.19. The van der Waals surface area contributed by atoms with Gasteiger partial charge >= 0.3 is 0 Å². The molecule has 0 amide bonds. The molecule has 28 heavy (non-hydrogen) atoms. The lowest BCUT2D eigenvalue weighted by Gasteiger charge is -2.21. The van der Waals surface area contributed by atoms with E-state index >= 15 is 0 Å². The highest BCUT2D eigenvalue weighted by molar-refractivity contribution is 5.64. The van der Waals surface area contributed by atoms with E-state index in [0.29, 0.717) is 0 Å². The molecule has 0 bridgehead atoms. The molecule has 4 N–H and O–H groups in total. The Hall–Kier alpha value is -3.20. The molecule has 4 aromatic rings. The maximum absolute atomic E-state index is 6.48. The molecular formula is C26H24N2. The Bertz CT molecular complexity index is 920. The van der Waals surface area contributed by atoms with Crippen LogP contribution < -0.4 is 11.5 Å². The molecule has 0 heterocycles. The van der Waals surface area contributed by atoms with E-state index in [2.05, 4.69) is 72.8 Å². The van der Waals surface area contributed by atoms with E-state index in [4.69, 9.17) is 11.5 Å². The SMILES string of the molecule is NC(c1ccc(-c2ccccc2)cc1)C(N)c1ccc(-c2ccccc2)cc1. The van der Waals surface area contributed by atoms with Crippen molar-refractivity contribution < 1.29 is 0 Å². The molecule has 0 aromatic heterocycles. The lowest BCUT2D eigenvalue weighted by atomic mass is 9.92. The second-order valence-corrected chi connectivity index (χ2v) is 7.03.